The third kappa shape index (κ3) is 2.70. The zero-order chi connectivity index (χ0) is 12.3. The van der Waals surface area contributed by atoms with Crippen molar-refractivity contribution >= 4 is 28.4 Å². The molecule has 0 aliphatic rings. The van der Waals surface area contributed by atoms with Gasteiger partial charge in [-0.05, 0) is 34.7 Å². The van der Waals surface area contributed by atoms with Gasteiger partial charge in [-0.3, -0.25) is 4.98 Å². The lowest BCUT2D eigenvalue weighted by atomic mass is 10.3. The maximum absolute atomic E-state index is 5.85. The van der Waals surface area contributed by atoms with Gasteiger partial charge in [-0.1, -0.05) is 6.07 Å². The first-order valence-electron chi connectivity index (χ1n) is 4.94. The van der Waals surface area contributed by atoms with Crippen LogP contribution in [-0.4, -0.2) is 22.1 Å². The van der Waals surface area contributed by atoms with Crippen LogP contribution in [0.25, 0.3) is 11.5 Å². The van der Waals surface area contributed by atoms with Crippen LogP contribution in [0.1, 0.15) is 5.69 Å². The van der Waals surface area contributed by atoms with E-state index in [4.69, 9.17) is 10.5 Å². The van der Waals surface area contributed by atoms with Crippen LogP contribution in [-0.2, 0) is 11.3 Å². The molecule has 6 heteroatoms. The molecule has 2 aromatic heterocycles. The second-order valence-corrected chi connectivity index (χ2v) is 4.42. The average Bonchev–Trinajstić information content (AvgIpc) is 2.36. The van der Waals surface area contributed by atoms with Gasteiger partial charge in [0.25, 0.3) is 0 Å². The van der Waals surface area contributed by atoms with E-state index in [-0.39, 0.29) is 0 Å². The van der Waals surface area contributed by atoms with Crippen molar-refractivity contribution in [2.75, 3.05) is 12.8 Å². The van der Waals surface area contributed by atoms with Crippen molar-refractivity contribution in [3.63, 3.8) is 0 Å². The van der Waals surface area contributed by atoms with Gasteiger partial charge < -0.3 is 10.5 Å². The molecule has 0 saturated heterocycles. The molecule has 0 saturated carbocycles. The number of anilines is 1. The second kappa shape index (κ2) is 5.37. The number of hydrogen-bond donors (Lipinski definition) is 1. The molecule has 0 radical (unpaired) electrons. The summed E-state index contributed by atoms with van der Waals surface area (Å²) in [6.45, 7) is 0.408. The fraction of sp³-hybridized carbons (Fsp3) is 0.182. The molecule has 2 N–H and O–H groups in total. The molecular weight excluding hydrogens is 331 g/mol. The van der Waals surface area contributed by atoms with Crippen LogP contribution in [0.2, 0.25) is 0 Å². The van der Waals surface area contributed by atoms with Crippen molar-refractivity contribution in [2.45, 2.75) is 6.61 Å². The zero-order valence-electron chi connectivity index (χ0n) is 9.22. The lowest BCUT2D eigenvalue weighted by molar-refractivity contribution is 0.181. The van der Waals surface area contributed by atoms with Crippen LogP contribution in [0.4, 0.5) is 5.82 Å². The highest BCUT2D eigenvalue weighted by molar-refractivity contribution is 14.1. The Morgan fingerprint density at radius 3 is 2.82 bits per heavy atom. The van der Waals surface area contributed by atoms with Gasteiger partial charge in [0.2, 0.25) is 0 Å². The smallest absolute Gasteiger partial charge is 0.180 e. The fourth-order valence-corrected chi connectivity index (χ4v) is 1.75. The molecule has 17 heavy (non-hydrogen) atoms. The van der Waals surface area contributed by atoms with Gasteiger partial charge in [-0.25, -0.2) is 9.97 Å². The van der Waals surface area contributed by atoms with Crippen LogP contribution in [0.15, 0.2) is 24.4 Å². The number of rotatable bonds is 3. The predicted molar refractivity (Wildman–Crippen MR) is 73.1 cm³/mol. The summed E-state index contributed by atoms with van der Waals surface area (Å²) in [4.78, 5) is 12.8. The molecule has 0 aliphatic heterocycles. The third-order valence-electron chi connectivity index (χ3n) is 2.12. The molecule has 0 spiro atoms. The number of nitrogen functional groups attached to an aromatic ring is 1. The average molecular weight is 342 g/mol. The Balaban J connectivity index is 2.49. The van der Waals surface area contributed by atoms with E-state index in [0.717, 1.165) is 9.26 Å². The Bertz CT molecular complexity index is 518. The molecule has 2 rings (SSSR count). The number of pyridine rings is 1. The first-order valence-corrected chi connectivity index (χ1v) is 6.02. The first kappa shape index (κ1) is 12.2. The largest absolute Gasteiger partial charge is 0.383 e. The van der Waals surface area contributed by atoms with E-state index in [1.807, 2.05) is 18.2 Å². The Hall–Kier alpha value is -1.28. The number of ether oxygens (including phenoxy) is 1. The molecule has 0 aliphatic carbocycles. The topological polar surface area (TPSA) is 73.9 Å². The minimum Gasteiger partial charge on any atom is -0.383 e. The summed E-state index contributed by atoms with van der Waals surface area (Å²) >= 11 is 2.11. The summed E-state index contributed by atoms with van der Waals surface area (Å²) in [6, 6.07) is 5.57. The molecule has 88 valence electrons. The van der Waals surface area contributed by atoms with Crippen molar-refractivity contribution in [1.29, 1.82) is 0 Å². The summed E-state index contributed by atoms with van der Waals surface area (Å²) in [6.07, 6.45) is 1.70. The third-order valence-corrected chi connectivity index (χ3v) is 3.30. The van der Waals surface area contributed by atoms with E-state index in [9.17, 15) is 0 Å². The van der Waals surface area contributed by atoms with E-state index < -0.39 is 0 Å². The normalized spacial score (nSPS) is 10.5. The molecule has 0 bridgehead atoms. The Labute approximate surface area is 113 Å². The van der Waals surface area contributed by atoms with Crippen LogP contribution < -0.4 is 5.73 Å². The number of aromatic nitrogens is 3. The Kier molecular flexibility index (Phi) is 3.85. The van der Waals surface area contributed by atoms with Crippen molar-refractivity contribution in [3.05, 3.63) is 33.7 Å². The summed E-state index contributed by atoms with van der Waals surface area (Å²) < 4.78 is 5.91. The van der Waals surface area contributed by atoms with Gasteiger partial charge in [0, 0.05) is 13.3 Å². The zero-order valence-corrected chi connectivity index (χ0v) is 11.4. The molecular formula is C11H11IN4O. The quantitative estimate of drug-likeness (QED) is 0.862. The number of hydrogen-bond acceptors (Lipinski definition) is 5. The van der Waals surface area contributed by atoms with Gasteiger partial charge in [-0.15, -0.1) is 0 Å². The predicted octanol–water partition coefficient (Wildman–Crippen LogP) is 1.87. The maximum Gasteiger partial charge on any atom is 0.180 e. The molecule has 0 atom stereocenters. The van der Waals surface area contributed by atoms with Crippen LogP contribution in [0.3, 0.4) is 0 Å². The Morgan fingerprint density at radius 2 is 2.18 bits per heavy atom. The van der Waals surface area contributed by atoms with E-state index in [0.29, 0.717) is 23.9 Å². The minimum absolute atomic E-state index is 0.408. The number of nitrogens with two attached hydrogens (primary N) is 1. The van der Waals surface area contributed by atoms with Crippen LogP contribution in [0.5, 0.6) is 0 Å². The lowest BCUT2D eigenvalue weighted by Crippen LogP contribution is -2.06. The molecule has 5 nitrogen and oxygen atoms in total. The summed E-state index contributed by atoms with van der Waals surface area (Å²) in [5.41, 5.74) is 7.33. The van der Waals surface area contributed by atoms with Crippen molar-refractivity contribution in [2.24, 2.45) is 0 Å². The van der Waals surface area contributed by atoms with E-state index >= 15 is 0 Å². The molecule has 2 aromatic rings. The lowest BCUT2D eigenvalue weighted by Gasteiger charge is -2.07. The molecule has 2 heterocycles. The van der Waals surface area contributed by atoms with Crippen molar-refractivity contribution < 1.29 is 4.74 Å². The van der Waals surface area contributed by atoms with Gasteiger partial charge in [0.05, 0.1) is 15.9 Å². The SMILES string of the molecule is COCc1nc(-c2ccccn2)nc(N)c1I. The van der Waals surface area contributed by atoms with Gasteiger partial charge in [0.15, 0.2) is 5.82 Å². The van der Waals surface area contributed by atoms with E-state index in [1.54, 1.807) is 13.3 Å². The van der Waals surface area contributed by atoms with E-state index in [1.165, 1.54) is 0 Å². The Morgan fingerprint density at radius 1 is 1.35 bits per heavy atom. The summed E-state index contributed by atoms with van der Waals surface area (Å²) in [7, 11) is 1.62. The van der Waals surface area contributed by atoms with Crippen LogP contribution >= 0.6 is 22.6 Å². The highest BCUT2D eigenvalue weighted by Crippen LogP contribution is 2.21. The highest BCUT2D eigenvalue weighted by atomic mass is 127. The maximum atomic E-state index is 5.85. The van der Waals surface area contributed by atoms with Gasteiger partial charge in [0.1, 0.15) is 11.5 Å². The number of nitrogens with zero attached hydrogens (tertiary/aromatic N) is 3. The molecule has 0 unspecified atom stereocenters. The summed E-state index contributed by atoms with van der Waals surface area (Å²) in [5.74, 6) is 0.976. The van der Waals surface area contributed by atoms with Crippen LogP contribution in [0, 0.1) is 3.57 Å². The molecule has 0 amide bonds. The molecule has 0 fully saturated rings. The van der Waals surface area contributed by atoms with Gasteiger partial charge in [-0.2, -0.15) is 0 Å². The molecule has 0 aromatic carbocycles. The second-order valence-electron chi connectivity index (χ2n) is 3.34. The number of halogens is 1. The van der Waals surface area contributed by atoms with Crippen molar-refractivity contribution in [1.82, 2.24) is 15.0 Å². The highest BCUT2D eigenvalue weighted by Gasteiger charge is 2.11. The van der Waals surface area contributed by atoms with Gasteiger partial charge >= 0.3 is 0 Å². The first-order chi connectivity index (χ1) is 8.22. The summed E-state index contributed by atoms with van der Waals surface area (Å²) in [5, 5.41) is 0. The number of methoxy groups -OCH3 is 1. The van der Waals surface area contributed by atoms with E-state index in [2.05, 4.69) is 37.5 Å². The minimum atomic E-state index is 0.408. The van der Waals surface area contributed by atoms with Crippen molar-refractivity contribution in [3.8, 4) is 11.5 Å². The monoisotopic (exact) mass is 342 g/mol. The standard InChI is InChI=1S/C11H11IN4O/c1-17-6-8-9(12)10(13)16-11(15-8)7-4-2-3-5-14-7/h2-5H,6H2,1H3,(H2,13,15,16). The fourth-order valence-electron chi connectivity index (χ4n) is 1.35.